The number of methoxy groups -OCH3 is 1. The summed E-state index contributed by atoms with van der Waals surface area (Å²) in [5, 5.41) is 3.28. The minimum absolute atomic E-state index is 0.186. The molecular formula is C14H27NO4. The number of carbonyl (C=O) groups excluding carboxylic acids is 1. The van der Waals surface area contributed by atoms with Gasteiger partial charge in [-0.3, -0.25) is 4.79 Å². The van der Waals surface area contributed by atoms with E-state index in [9.17, 15) is 4.79 Å². The number of unbranched alkanes of at least 4 members (excludes halogenated alkanes) is 1. The number of rotatable bonds is 10. The molecule has 0 bridgehead atoms. The van der Waals surface area contributed by atoms with Crippen LogP contribution < -0.4 is 5.32 Å². The molecule has 5 nitrogen and oxygen atoms in total. The molecule has 0 aromatic rings. The zero-order valence-corrected chi connectivity index (χ0v) is 12.4. The van der Waals surface area contributed by atoms with Crippen molar-refractivity contribution in [2.24, 2.45) is 0 Å². The smallest absolute Gasteiger partial charge is 0.325 e. The summed E-state index contributed by atoms with van der Waals surface area (Å²) in [4.78, 5) is 11.8. The van der Waals surface area contributed by atoms with Gasteiger partial charge in [0, 0.05) is 6.61 Å². The highest BCUT2D eigenvalue weighted by molar-refractivity contribution is 5.80. The summed E-state index contributed by atoms with van der Waals surface area (Å²) in [6.07, 6.45) is 3.94. The molecular weight excluding hydrogens is 246 g/mol. The van der Waals surface area contributed by atoms with Crippen LogP contribution in [0.25, 0.3) is 0 Å². The summed E-state index contributed by atoms with van der Waals surface area (Å²) >= 11 is 0. The Morgan fingerprint density at radius 3 is 2.68 bits per heavy atom. The zero-order chi connectivity index (χ0) is 14.1. The number of carbonyl (C=O) groups is 1. The second-order valence-electron chi connectivity index (χ2n) is 5.24. The molecule has 0 spiro atoms. The van der Waals surface area contributed by atoms with Gasteiger partial charge in [-0.25, -0.2) is 0 Å². The first kappa shape index (κ1) is 16.4. The van der Waals surface area contributed by atoms with Crippen molar-refractivity contribution in [3.05, 3.63) is 0 Å². The molecule has 0 aromatic heterocycles. The molecule has 0 aromatic carbocycles. The Bertz CT molecular complexity index is 268. The third-order valence-electron chi connectivity index (χ3n) is 3.43. The van der Waals surface area contributed by atoms with Gasteiger partial charge in [0.05, 0.1) is 20.3 Å². The molecule has 1 heterocycles. The second-order valence-corrected chi connectivity index (χ2v) is 5.24. The molecule has 0 aliphatic carbocycles. The Balaban J connectivity index is 2.20. The van der Waals surface area contributed by atoms with Crippen LogP contribution >= 0.6 is 0 Å². The highest BCUT2D eigenvalue weighted by Crippen LogP contribution is 2.16. The second kappa shape index (κ2) is 8.51. The molecule has 19 heavy (non-hydrogen) atoms. The van der Waals surface area contributed by atoms with E-state index in [-0.39, 0.29) is 12.1 Å². The van der Waals surface area contributed by atoms with E-state index in [2.05, 4.69) is 12.2 Å². The van der Waals surface area contributed by atoms with E-state index in [4.69, 9.17) is 14.2 Å². The van der Waals surface area contributed by atoms with Gasteiger partial charge >= 0.3 is 5.97 Å². The van der Waals surface area contributed by atoms with E-state index < -0.39 is 5.54 Å². The van der Waals surface area contributed by atoms with E-state index in [1.165, 1.54) is 7.11 Å². The molecule has 0 amide bonds. The summed E-state index contributed by atoms with van der Waals surface area (Å²) in [7, 11) is 1.44. The highest BCUT2D eigenvalue weighted by Gasteiger charge is 2.32. The van der Waals surface area contributed by atoms with Crippen molar-refractivity contribution < 1.29 is 19.0 Å². The number of ether oxygens (including phenoxy) is 3. The quantitative estimate of drug-likeness (QED) is 0.483. The van der Waals surface area contributed by atoms with Crippen LogP contribution in [-0.4, -0.2) is 51.1 Å². The Morgan fingerprint density at radius 1 is 1.42 bits per heavy atom. The third-order valence-corrected chi connectivity index (χ3v) is 3.43. The van der Waals surface area contributed by atoms with Crippen molar-refractivity contribution in [3.63, 3.8) is 0 Å². The predicted molar refractivity (Wildman–Crippen MR) is 73.1 cm³/mol. The zero-order valence-electron chi connectivity index (χ0n) is 12.4. The van der Waals surface area contributed by atoms with Gasteiger partial charge in [0.2, 0.25) is 0 Å². The van der Waals surface area contributed by atoms with E-state index >= 15 is 0 Å². The molecule has 1 aliphatic rings. The van der Waals surface area contributed by atoms with E-state index in [0.717, 1.165) is 52.0 Å². The average Bonchev–Trinajstić information content (AvgIpc) is 2.37. The van der Waals surface area contributed by atoms with Crippen LogP contribution in [0.1, 0.15) is 39.5 Å². The molecule has 1 aliphatic heterocycles. The standard InChI is InChI=1S/C14H27NO4/c1-4-8-15-14(2,13(16)17-3)7-5-6-9-19-12-10-18-11-12/h12,15H,4-11H2,1-3H3. The number of hydrogen-bond acceptors (Lipinski definition) is 5. The lowest BCUT2D eigenvalue weighted by Gasteiger charge is -2.28. The lowest BCUT2D eigenvalue weighted by molar-refractivity contribution is -0.148. The summed E-state index contributed by atoms with van der Waals surface area (Å²) in [6.45, 7) is 6.99. The minimum Gasteiger partial charge on any atom is -0.468 e. The topological polar surface area (TPSA) is 56.8 Å². The van der Waals surface area contributed by atoms with Gasteiger partial charge < -0.3 is 19.5 Å². The summed E-state index contributed by atoms with van der Waals surface area (Å²) < 4.78 is 15.5. The van der Waals surface area contributed by atoms with Gasteiger partial charge in [0.15, 0.2) is 0 Å². The van der Waals surface area contributed by atoms with Crippen LogP contribution in [-0.2, 0) is 19.0 Å². The number of hydrogen-bond donors (Lipinski definition) is 1. The first-order valence-electron chi connectivity index (χ1n) is 7.15. The van der Waals surface area contributed by atoms with E-state index in [0.29, 0.717) is 0 Å². The fourth-order valence-corrected chi connectivity index (χ4v) is 2.03. The van der Waals surface area contributed by atoms with Crippen molar-refractivity contribution in [2.75, 3.05) is 33.5 Å². The number of esters is 1. The lowest BCUT2D eigenvalue weighted by atomic mass is 9.94. The first-order chi connectivity index (χ1) is 9.12. The van der Waals surface area contributed by atoms with Crippen LogP contribution in [0.15, 0.2) is 0 Å². The van der Waals surface area contributed by atoms with Crippen molar-refractivity contribution in [1.82, 2.24) is 5.32 Å². The van der Waals surface area contributed by atoms with Crippen LogP contribution in [0.2, 0.25) is 0 Å². The fraction of sp³-hybridized carbons (Fsp3) is 0.929. The molecule has 1 atom stereocenters. The highest BCUT2D eigenvalue weighted by atomic mass is 16.6. The molecule has 0 radical (unpaired) electrons. The van der Waals surface area contributed by atoms with Crippen molar-refractivity contribution in [2.45, 2.75) is 51.2 Å². The normalized spacial score (nSPS) is 18.7. The molecule has 1 fully saturated rings. The molecule has 5 heteroatoms. The van der Waals surface area contributed by atoms with Crippen molar-refractivity contribution in [1.29, 1.82) is 0 Å². The Hall–Kier alpha value is -0.650. The molecule has 1 saturated heterocycles. The monoisotopic (exact) mass is 273 g/mol. The van der Waals surface area contributed by atoms with Crippen LogP contribution in [0.3, 0.4) is 0 Å². The van der Waals surface area contributed by atoms with E-state index in [1.807, 2.05) is 6.92 Å². The Labute approximate surface area is 116 Å². The van der Waals surface area contributed by atoms with E-state index in [1.54, 1.807) is 0 Å². The fourth-order valence-electron chi connectivity index (χ4n) is 2.03. The Kier molecular flexibility index (Phi) is 7.34. The van der Waals surface area contributed by atoms with Gasteiger partial charge in [-0.1, -0.05) is 6.92 Å². The van der Waals surface area contributed by atoms with Gasteiger partial charge in [0.1, 0.15) is 11.6 Å². The molecule has 112 valence electrons. The Morgan fingerprint density at radius 2 is 2.16 bits per heavy atom. The van der Waals surface area contributed by atoms with Crippen LogP contribution in [0, 0.1) is 0 Å². The first-order valence-corrected chi connectivity index (χ1v) is 7.15. The minimum atomic E-state index is -0.579. The van der Waals surface area contributed by atoms with Crippen LogP contribution in [0.4, 0.5) is 0 Å². The van der Waals surface area contributed by atoms with Crippen LogP contribution in [0.5, 0.6) is 0 Å². The number of nitrogens with one attached hydrogen (secondary N) is 1. The average molecular weight is 273 g/mol. The maximum atomic E-state index is 11.8. The predicted octanol–water partition coefficient (Wildman–Crippen LogP) is 1.50. The largest absolute Gasteiger partial charge is 0.468 e. The summed E-state index contributed by atoms with van der Waals surface area (Å²) in [5.74, 6) is -0.186. The maximum Gasteiger partial charge on any atom is 0.325 e. The van der Waals surface area contributed by atoms with Gasteiger partial charge in [-0.15, -0.1) is 0 Å². The van der Waals surface area contributed by atoms with Gasteiger partial charge in [-0.05, 0) is 39.2 Å². The summed E-state index contributed by atoms with van der Waals surface area (Å²) in [6, 6.07) is 0. The summed E-state index contributed by atoms with van der Waals surface area (Å²) in [5.41, 5.74) is -0.579. The SMILES string of the molecule is CCCNC(C)(CCCCOC1COC1)C(=O)OC. The van der Waals surface area contributed by atoms with Crippen molar-refractivity contribution in [3.8, 4) is 0 Å². The molecule has 1 N–H and O–H groups in total. The van der Waals surface area contributed by atoms with Crippen molar-refractivity contribution >= 4 is 5.97 Å². The maximum absolute atomic E-state index is 11.8. The molecule has 1 unspecified atom stereocenters. The molecule has 1 rings (SSSR count). The third kappa shape index (κ3) is 5.47. The lowest BCUT2D eigenvalue weighted by Crippen LogP contribution is -2.50. The van der Waals surface area contributed by atoms with Gasteiger partial charge in [-0.2, -0.15) is 0 Å². The molecule has 0 saturated carbocycles. The van der Waals surface area contributed by atoms with Gasteiger partial charge in [0.25, 0.3) is 0 Å².